The summed E-state index contributed by atoms with van der Waals surface area (Å²) in [5.74, 6) is 0.736. The van der Waals surface area contributed by atoms with Gasteiger partial charge in [0, 0.05) is 43.4 Å². The second-order valence-electron chi connectivity index (χ2n) is 8.24. The standard InChI is InChI=1S/C26H27N3O3S/c30-26(24-19-28-12-2-1-10-25(28)27-24)29(18-22-8-4-13-31-22)17-20-6-3-7-21(16-20)32-14-11-23-9-5-15-33-23/h1-3,5-7,9-10,12,15-16,19,22H,4,8,11,13-14,17-18H2/t22-/m1/s1. The lowest BCUT2D eigenvalue weighted by Crippen LogP contribution is -2.37. The van der Waals surface area contributed by atoms with Crippen molar-refractivity contribution in [2.45, 2.75) is 31.9 Å². The van der Waals surface area contributed by atoms with Gasteiger partial charge in [-0.2, -0.15) is 0 Å². The molecule has 170 valence electrons. The Balaban J connectivity index is 1.30. The van der Waals surface area contributed by atoms with Crippen molar-refractivity contribution < 1.29 is 14.3 Å². The summed E-state index contributed by atoms with van der Waals surface area (Å²) in [4.78, 5) is 21.2. The first-order valence-electron chi connectivity index (χ1n) is 11.3. The Morgan fingerprint density at radius 2 is 2.18 bits per heavy atom. The third kappa shape index (κ3) is 5.43. The zero-order chi connectivity index (χ0) is 22.5. The van der Waals surface area contributed by atoms with Crippen molar-refractivity contribution in [1.29, 1.82) is 0 Å². The molecule has 1 aliphatic heterocycles. The molecular formula is C26H27N3O3S. The molecule has 4 aromatic rings. The maximum Gasteiger partial charge on any atom is 0.274 e. The van der Waals surface area contributed by atoms with E-state index in [0.717, 1.165) is 42.8 Å². The molecule has 1 amide bonds. The summed E-state index contributed by atoms with van der Waals surface area (Å²) in [5, 5.41) is 2.08. The number of benzene rings is 1. The number of rotatable bonds is 9. The monoisotopic (exact) mass is 461 g/mol. The van der Waals surface area contributed by atoms with Crippen LogP contribution in [0.4, 0.5) is 0 Å². The normalized spacial score (nSPS) is 15.7. The zero-order valence-corrected chi connectivity index (χ0v) is 19.2. The number of hydrogen-bond donors (Lipinski definition) is 0. The van der Waals surface area contributed by atoms with E-state index < -0.39 is 0 Å². The molecule has 1 aromatic carbocycles. The third-order valence-corrected chi connectivity index (χ3v) is 6.72. The van der Waals surface area contributed by atoms with E-state index in [1.54, 1.807) is 17.5 Å². The third-order valence-electron chi connectivity index (χ3n) is 5.79. The van der Waals surface area contributed by atoms with Gasteiger partial charge in [-0.3, -0.25) is 4.79 Å². The molecule has 0 spiro atoms. The van der Waals surface area contributed by atoms with Gasteiger partial charge in [-0.15, -0.1) is 11.3 Å². The summed E-state index contributed by atoms with van der Waals surface area (Å²) < 4.78 is 13.7. The van der Waals surface area contributed by atoms with Gasteiger partial charge in [0.25, 0.3) is 5.91 Å². The number of fused-ring (bicyclic) bond motifs is 1. The lowest BCUT2D eigenvalue weighted by Gasteiger charge is -2.25. The van der Waals surface area contributed by atoms with Crippen molar-refractivity contribution in [2.24, 2.45) is 0 Å². The average molecular weight is 462 g/mol. The van der Waals surface area contributed by atoms with Crippen molar-refractivity contribution in [2.75, 3.05) is 19.8 Å². The van der Waals surface area contributed by atoms with Gasteiger partial charge in [0.2, 0.25) is 0 Å². The van der Waals surface area contributed by atoms with Crippen LogP contribution in [0.2, 0.25) is 0 Å². The minimum atomic E-state index is -0.0850. The van der Waals surface area contributed by atoms with Gasteiger partial charge in [0.1, 0.15) is 17.1 Å². The highest BCUT2D eigenvalue weighted by Crippen LogP contribution is 2.20. The van der Waals surface area contributed by atoms with E-state index >= 15 is 0 Å². The maximum absolute atomic E-state index is 13.5. The molecule has 0 aliphatic carbocycles. The Morgan fingerprint density at radius 1 is 1.21 bits per heavy atom. The zero-order valence-electron chi connectivity index (χ0n) is 18.4. The molecule has 1 atom stereocenters. The molecule has 5 rings (SSSR count). The van der Waals surface area contributed by atoms with Gasteiger partial charge >= 0.3 is 0 Å². The number of pyridine rings is 1. The first kappa shape index (κ1) is 21.7. The van der Waals surface area contributed by atoms with Crippen molar-refractivity contribution in [3.63, 3.8) is 0 Å². The van der Waals surface area contributed by atoms with Crippen LogP contribution >= 0.6 is 11.3 Å². The quantitative estimate of drug-likeness (QED) is 0.358. The van der Waals surface area contributed by atoms with Gasteiger partial charge in [-0.05, 0) is 54.1 Å². The molecule has 3 aromatic heterocycles. The summed E-state index contributed by atoms with van der Waals surface area (Å²) in [6.07, 6.45) is 6.66. The van der Waals surface area contributed by atoms with Crippen LogP contribution in [0, 0.1) is 0 Å². The van der Waals surface area contributed by atoms with Crippen LogP contribution in [0.25, 0.3) is 5.65 Å². The van der Waals surface area contributed by atoms with Crippen molar-refractivity contribution >= 4 is 22.9 Å². The molecule has 6 nitrogen and oxygen atoms in total. The van der Waals surface area contributed by atoms with Gasteiger partial charge in [0.15, 0.2) is 0 Å². The summed E-state index contributed by atoms with van der Waals surface area (Å²) in [7, 11) is 0. The lowest BCUT2D eigenvalue weighted by molar-refractivity contribution is 0.0503. The van der Waals surface area contributed by atoms with Gasteiger partial charge in [-0.1, -0.05) is 24.3 Å². The molecule has 0 N–H and O–H groups in total. The van der Waals surface area contributed by atoms with Crippen LogP contribution in [0.15, 0.2) is 72.4 Å². The number of thiophene rings is 1. The number of carbonyl (C=O) groups is 1. The van der Waals surface area contributed by atoms with E-state index in [0.29, 0.717) is 25.4 Å². The molecule has 0 bridgehead atoms. The van der Waals surface area contributed by atoms with Crippen molar-refractivity contribution in [3.05, 3.63) is 88.5 Å². The number of hydrogen-bond acceptors (Lipinski definition) is 5. The highest BCUT2D eigenvalue weighted by atomic mass is 32.1. The highest BCUT2D eigenvalue weighted by molar-refractivity contribution is 7.09. The van der Waals surface area contributed by atoms with E-state index in [2.05, 4.69) is 22.5 Å². The van der Waals surface area contributed by atoms with E-state index in [9.17, 15) is 4.79 Å². The number of imidazole rings is 1. The number of amides is 1. The fraction of sp³-hybridized carbons (Fsp3) is 0.308. The van der Waals surface area contributed by atoms with Gasteiger partial charge < -0.3 is 18.8 Å². The van der Waals surface area contributed by atoms with E-state index in [1.165, 1.54) is 4.88 Å². The molecule has 0 saturated carbocycles. The largest absolute Gasteiger partial charge is 0.493 e. The smallest absolute Gasteiger partial charge is 0.274 e. The van der Waals surface area contributed by atoms with Crippen molar-refractivity contribution in [1.82, 2.24) is 14.3 Å². The molecular weight excluding hydrogens is 434 g/mol. The van der Waals surface area contributed by atoms with Crippen LogP contribution in [0.1, 0.15) is 33.8 Å². The fourth-order valence-electron chi connectivity index (χ4n) is 4.13. The molecule has 0 unspecified atom stereocenters. The van der Waals surface area contributed by atoms with Crippen LogP contribution < -0.4 is 4.74 Å². The predicted octanol–water partition coefficient (Wildman–Crippen LogP) is 4.84. The summed E-state index contributed by atoms with van der Waals surface area (Å²) in [6.45, 7) is 2.42. The Morgan fingerprint density at radius 3 is 3.00 bits per heavy atom. The summed E-state index contributed by atoms with van der Waals surface area (Å²) in [6, 6.07) is 17.9. The Kier molecular flexibility index (Phi) is 6.69. The predicted molar refractivity (Wildman–Crippen MR) is 129 cm³/mol. The summed E-state index contributed by atoms with van der Waals surface area (Å²) >= 11 is 1.74. The van der Waals surface area contributed by atoms with Crippen molar-refractivity contribution in [3.8, 4) is 5.75 Å². The van der Waals surface area contributed by atoms with Gasteiger partial charge in [-0.25, -0.2) is 4.98 Å². The SMILES string of the molecule is O=C(c1cn2ccccc2n1)N(Cc1cccc(OCCc2cccs2)c1)C[C@H]1CCCO1. The lowest BCUT2D eigenvalue weighted by atomic mass is 10.1. The van der Waals surface area contributed by atoms with Crippen LogP contribution in [-0.2, 0) is 17.7 Å². The molecule has 7 heteroatoms. The van der Waals surface area contributed by atoms with E-state index in [1.807, 2.05) is 58.0 Å². The highest BCUT2D eigenvalue weighted by Gasteiger charge is 2.25. The molecule has 33 heavy (non-hydrogen) atoms. The second kappa shape index (κ2) is 10.2. The Bertz CT molecular complexity index is 1170. The first-order chi connectivity index (χ1) is 16.2. The topological polar surface area (TPSA) is 56.1 Å². The Labute approximate surface area is 197 Å². The minimum absolute atomic E-state index is 0.0659. The molecule has 1 saturated heterocycles. The minimum Gasteiger partial charge on any atom is -0.493 e. The number of nitrogens with zero attached hydrogens (tertiary/aromatic N) is 3. The van der Waals surface area contributed by atoms with Crippen LogP contribution in [0.5, 0.6) is 5.75 Å². The van der Waals surface area contributed by atoms with Crippen LogP contribution in [-0.4, -0.2) is 46.1 Å². The number of ether oxygens (including phenoxy) is 2. The van der Waals surface area contributed by atoms with E-state index in [4.69, 9.17) is 9.47 Å². The first-order valence-corrected chi connectivity index (χ1v) is 12.2. The number of aromatic nitrogens is 2. The maximum atomic E-state index is 13.5. The second-order valence-corrected chi connectivity index (χ2v) is 9.27. The van der Waals surface area contributed by atoms with Crippen LogP contribution in [0.3, 0.4) is 0 Å². The molecule has 0 radical (unpaired) electrons. The number of carbonyl (C=O) groups excluding carboxylic acids is 1. The molecule has 4 heterocycles. The molecule has 1 aliphatic rings. The summed E-state index contributed by atoms with van der Waals surface area (Å²) in [5.41, 5.74) is 2.24. The fourth-order valence-corrected chi connectivity index (χ4v) is 4.82. The van der Waals surface area contributed by atoms with E-state index in [-0.39, 0.29) is 12.0 Å². The van der Waals surface area contributed by atoms with Gasteiger partial charge in [0.05, 0.1) is 12.7 Å². The Hall–Kier alpha value is -3.16. The average Bonchev–Trinajstić information content (AvgIpc) is 3.60. The molecule has 1 fully saturated rings.